The minimum atomic E-state index is 0.375. The van der Waals surface area contributed by atoms with E-state index in [2.05, 4.69) is 42.2 Å². The Labute approximate surface area is 113 Å². The molecule has 3 rings (SSSR count). The van der Waals surface area contributed by atoms with Crippen molar-refractivity contribution >= 4 is 17.3 Å². The Balaban J connectivity index is 2.10. The van der Waals surface area contributed by atoms with Crippen LogP contribution in [0.4, 0.5) is 0 Å². The minimum Gasteiger partial charge on any atom is -0.357 e. The van der Waals surface area contributed by atoms with Crippen molar-refractivity contribution < 1.29 is 4.79 Å². The van der Waals surface area contributed by atoms with Crippen LogP contribution >= 0.6 is 0 Å². The van der Waals surface area contributed by atoms with Crippen LogP contribution in [0, 0.1) is 0 Å². The predicted octanol–water partition coefficient (Wildman–Crippen LogP) is 1.79. The van der Waals surface area contributed by atoms with Gasteiger partial charge in [-0.25, -0.2) is 0 Å². The van der Waals surface area contributed by atoms with Gasteiger partial charge in [0, 0.05) is 35.6 Å². The van der Waals surface area contributed by atoms with Gasteiger partial charge in [0.05, 0.1) is 6.54 Å². The second-order valence-corrected chi connectivity index (χ2v) is 5.56. The summed E-state index contributed by atoms with van der Waals surface area (Å²) in [6.45, 7) is 2.45. The van der Waals surface area contributed by atoms with Crippen molar-refractivity contribution in [3.05, 3.63) is 35.5 Å². The van der Waals surface area contributed by atoms with Crippen molar-refractivity contribution in [1.82, 2.24) is 14.8 Å². The zero-order chi connectivity index (χ0) is 13.4. The summed E-state index contributed by atoms with van der Waals surface area (Å²) in [6, 6.07) is 8.40. The molecule has 100 valence electrons. The standard InChI is InChI=1S/C15H19N3O/c1-17(2)7-11-8-18(10-19)9-14-15(11)12-5-3-4-6-13(12)16-14/h3-6,10-11,16H,7-9H2,1-2H3. The van der Waals surface area contributed by atoms with Gasteiger partial charge in [0.15, 0.2) is 0 Å². The third kappa shape index (κ3) is 2.12. The Kier molecular flexibility index (Phi) is 3.03. The van der Waals surface area contributed by atoms with Crippen LogP contribution in [0.1, 0.15) is 17.2 Å². The summed E-state index contributed by atoms with van der Waals surface area (Å²) in [7, 11) is 4.16. The summed E-state index contributed by atoms with van der Waals surface area (Å²) in [4.78, 5) is 18.6. The zero-order valence-corrected chi connectivity index (χ0v) is 11.4. The smallest absolute Gasteiger partial charge is 0.210 e. The average molecular weight is 257 g/mol. The highest BCUT2D eigenvalue weighted by molar-refractivity contribution is 5.85. The highest BCUT2D eigenvalue weighted by Gasteiger charge is 2.28. The van der Waals surface area contributed by atoms with Gasteiger partial charge >= 0.3 is 0 Å². The molecule has 0 fully saturated rings. The molecule has 4 heteroatoms. The molecule has 0 bridgehead atoms. The second-order valence-electron chi connectivity index (χ2n) is 5.56. The molecule has 1 atom stereocenters. The lowest BCUT2D eigenvalue weighted by Gasteiger charge is -2.32. The first-order valence-electron chi connectivity index (χ1n) is 6.62. The van der Waals surface area contributed by atoms with Crippen LogP contribution in [0.5, 0.6) is 0 Å². The maximum Gasteiger partial charge on any atom is 0.210 e. The number of aromatic nitrogens is 1. The lowest BCUT2D eigenvalue weighted by molar-refractivity contribution is -0.119. The molecule has 1 aliphatic heterocycles. The fraction of sp³-hybridized carbons (Fsp3) is 0.400. The summed E-state index contributed by atoms with van der Waals surface area (Å²) in [5, 5.41) is 1.30. The molecular weight excluding hydrogens is 238 g/mol. The van der Waals surface area contributed by atoms with Gasteiger partial charge in [-0.05, 0) is 25.7 Å². The molecule has 1 N–H and O–H groups in total. The molecule has 19 heavy (non-hydrogen) atoms. The largest absolute Gasteiger partial charge is 0.357 e. The highest BCUT2D eigenvalue weighted by atomic mass is 16.1. The number of nitrogens with zero attached hydrogens (tertiary/aromatic N) is 2. The number of H-pyrrole nitrogens is 1. The number of hydrogen-bond acceptors (Lipinski definition) is 2. The van der Waals surface area contributed by atoms with Gasteiger partial charge in [0.1, 0.15) is 0 Å². The number of aromatic amines is 1. The Morgan fingerprint density at radius 1 is 1.42 bits per heavy atom. The quantitative estimate of drug-likeness (QED) is 0.851. The molecule has 0 saturated carbocycles. The number of carbonyl (C=O) groups excluding carboxylic acids is 1. The predicted molar refractivity (Wildman–Crippen MR) is 76.1 cm³/mol. The molecule has 0 spiro atoms. The maximum absolute atomic E-state index is 11.1. The lowest BCUT2D eigenvalue weighted by atomic mass is 9.91. The summed E-state index contributed by atoms with van der Waals surface area (Å²) in [5.41, 5.74) is 3.75. The second kappa shape index (κ2) is 4.70. The van der Waals surface area contributed by atoms with Crippen LogP contribution < -0.4 is 0 Å². The number of amides is 1. The maximum atomic E-state index is 11.1. The topological polar surface area (TPSA) is 39.3 Å². The van der Waals surface area contributed by atoms with Crippen LogP contribution in [0.3, 0.4) is 0 Å². The number of rotatable bonds is 3. The van der Waals surface area contributed by atoms with E-state index in [0.29, 0.717) is 12.5 Å². The number of likely N-dealkylation sites (N-methyl/N-ethyl adjacent to an activating group) is 1. The van der Waals surface area contributed by atoms with E-state index in [4.69, 9.17) is 0 Å². The number of fused-ring (bicyclic) bond motifs is 3. The van der Waals surface area contributed by atoms with Crippen molar-refractivity contribution in [2.24, 2.45) is 0 Å². The van der Waals surface area contributed by atoms with Crippen molar-refractivity contribution in [2.75, 3.05) is 27.2 Å². The molecule has 0 aliphatic carbocycles. The molecule has 4 nitrogen and oxygen atoms in total. The number of para-hydroxylation sites is 1. The Morgan fingerprint density at radius 3 is 2.95 bits per heavy atom. The van der Waals surface area contributed by atoms with E-state index in [-0.39, 0.29) is 0 Å². The summed E-state index contributed by atoms with van der Waals surface area (Å²) >= 11 is 0. The molecule has 1 aliphatic rings. The fourth-order valence-corrected chi connectivity index (χ4v) is 3.12. The monoisotopic (exact) mass is 257 g/mol. The third-order valence-corrected chi connectivity index (χ3v) is 3.79. The van der Waals surface area contributed by atoms with E-state index in [1.54, 1.807) is 0 Å². The van der Waals surface area contributed by atoms with Crippen molar-refractivity contribution in [3.63, 3.8) is 0 Å². The number of carbonyl (C=O) groups is 1. The zero-order valence-electron chi connectivity index (χ0n) is 11.4. The summed E-state index contributed by atoms with van der Waals surface area (Å²) in [5.74, 6) is 0.375. The van der Waals surface area contributed by atoms with Crippen LogP contribution in [0.2, 0.25) is 0 Å². The summed E-state index contributed by atoms with van der Waals surface area (Å²) in [6.07, 6.45) is 0.955. The Morgan fingerprint density at radius 2 is 2.21 bits per heavy atom. The normalized spacial score (nSPS) is 18.9. The lowest BCUT2D eigenvalue weighted by Crippen LogP contribution is -2.36. The average Bonchev–Trinajstić information content (AvgIpc) is 2.76. The number of hydrogen-bond donors (Lipinski definition) is 1. The van der Waals surface area contributed by atoms with E-state index >= 15 is 0 Å². The van der Waals surface area contributed by atoms with Gasteiger partial charge in [0.25, 0.3) is 0 Å². The summed E-state index contributed by atoms with van der Waals surface area (Å²) < 4.78 is 0. The van der Waals surface area contributed by atoms with Gasteiger partial charge in [0.2, 0.25) is 6.41 Å². The van der Waals surface area contributed by atoms with E-state index in [9.17, 15) is 4.79 Å². The van der Waals surface area contributed by atoms with Gasteiger partial charge in [-0.1, -0.05) is 18.2 Å². The highest BCUT2D eigenvalue weighted by Crippen LogP contribution is 2.34. The van der Waals surface area contributed by atoms with Crippen molar-refractivity contribution in [1.29, 1.82) is 0 Å². The number of benzene rings is 1. The van der Waals surface area contributed by atoms with Gasteiger partial charge < -0.3 is 14.8 Å². The fourth-order valence-electron chi connectivity index (χ4n) is 3.12. The minimum absolute atomic E-state index is 0.375. The van der Waals surface area contributed by atoms with E-state index in [1.807, 2.05) is 11.0 Å². The molecule has 1 unspecified atom stereocenters. The molecule has 0 radical (unpaired) electrons. The molecule has 1 aromatic carbocycles. The first kappa shape index (κ1) is 12.2. The van der Waals surface area contributed by atoms with Gasteiger partial charge in [-0.2, -0.15) is 0 Å². The van der Waals surface area contributed by atoms with E-state index < -0.39 is 0 Å². The Hall–Kier alpha value is -1.81. The van der Waals surface area contributed by atoms with Crippen LogP contribution in [-0.4, -0.2) is 48.4 Å². The van der Waals surface area contributed by atoms with Crippen molar-refractivity contribution in [2.45, 2.75) is 12.5 Å². The molecule has 2 aromatic rings. The third-order valence-electron chi connectivity index (χ3n) is 3.79. The van der Waals surface area contributed by atoms with E-state index in [0.717, 1.165) is 19.5 Å². The van der Waals surface area contributed by atoms with Gasteiger partial charge in [-0.3, -0.25) is 4.79 Å². The molecule has 1 amide bonds. The molecular formula is C15H19N3O. The molecule has 2 heterocycles. The number of nitrogens with one attached hydrogen (secondary N) is 1. The van der Waals surface area contributed by atoms with Crippen LogP contribution in [-0.2, 0) is 11.3 Å². The first-order chi connectivity index (χ1) is 9.19. The van der Waals surface area contributed by atoms with Crippen molar-refractivity contribution in [3.8, 4) is 0 Å². The van der Waals surface area contributed by atoms with E-state index in [1.165, 1.54) is 22.2 Å². The van der Waals surface area contributed by atoms with Crippen LogP contribution in [0.15, 0.2) is 24.3 Å². The van der Waals surface area contributed by atoms with Crippen LogP contribution in [0.25, 0.3) is 10.9 Å². The molecule has 0 saturated heterocycles. The Bertz CT molecular complexity index is 602. The SMILES string of the molecule is CN(C)CC1CN(C=O)Cc2[nH]c3ccccc3c21. The first-order valence-corrected chi connectivity index (χ1v) is 6.62. The van der Waals surface area contributed by atoms with Gasteiger partial charge in [-0.15, -0.1) is 0 Å². The molecule has 1 aromatic heterocycles.